The normalized spacial score (nSPS) is 10.2. The number of hydrogen-bond acceptors (Lipinski definition) is 4. The van der Waals surface area contributed by atoms with Crippen LogP contribution in [0.25, 0.3) is 0 Å². The van der Waals surface area contributed by atoms with Gasteiger partial charge >= 0.3 is 5.97 Å². The van der Waals surface area contributed by atoms with Crippen molar-refractivity contribution in [3.05, 3.63) is 58.1 Å². The zero-order valence-corrected chi connectivity index (χ0v) is 12.2. The van der Waals surface area contributed by atoms with Crippen LogP contribution in [0.4, 0.5) is 4.39 Å². The quantitative estimate of drug-likeness (QED) is 0.801. The van der Waals surface area contributed by atoms with E-state index in [2.05, 4.69) is 25.7 Å². The van der Waals surface area contributed by atoms with E-state index in [-0.39, 0.29) is 18.1 Å². The van der Waals surface area contributed by atoms with Crippen molar-refractivity contribution in [1.82, 2.24) is 4.98 Å². The van der Waals surface area contributed by atoms with Crippen molar-refractivity contribution in [2.75, 3.05) is 7.11 Å². The number of halogens is 2. The van der Waals surface area contributed by atoms with Gasteiger partial charge in [-0.25, -0.2) is 14.2 Å². The van der Waals surface area contributed by atoms with Gasteiger partial charge in [-0.2, -0.15) is 0 Å². The van der Waals surface area contributed by atoms with Gasteiger partial charge in [0.2, 0.25) is 0 Å². The van der Waals surface area contributed by atoms with Crippen molar-refractivity contribution >= 4 is 21.9 Å². The molecule has 0 amide bonds. The highest BCUT2D eigenvalue weighted by Gasteiger charge is 2.06. The monoisotopic (exact) mass is 339 g/mol. The number of hydrogen-bond donors (Lipinski definition) is 0. The number of pyridine rings is 1. The minimum absolute atomic E-state index is 0.227. The van der Waals surface area contributed by atoms with Gasteiger partial charge in [0.1, 0.15) is 23.9 Å². The number of rotatable bonds is 4. The number of carbonyl (C=O) groups excluding carboxylic acids is 1. The van der Waals surface area contributed by atoms with E-state index in [0.29, 0.717) is 10.2 Å². The molecule has 0 aliphatic carbocycles. The highest BCUT2D eigenvalue weighted by atomic mass is 79.9. The molecule has 0 atom stereocenters. The molecule has 1 aromatic heterocycles. The van der Waals surface area contributed by atoms with E-state index in [1.54, 1.807) is 18.2 Å². The van der Waals surface area contributed by atoms with Crippen LogP contribution in [0.3, 0.4) is 0 Å². The van der Waals surface area contributed by atoms with Crippen LogP contribution in [0.1, 0.15) is 16.1 Å². The first-order chi connectivity index (χ1) is 9.58. The summed E-state index contributed by atoms with van der Waals surface area (Å²) in [5.41, 5.74) is 0.989. The fourth-order valence-corrected chi connectivity index (χ4v) is 1.96. The van der Waals surface area contributed by atoms with E-state index < -0.39 is 5.97 Å². The van der Waals surface area contributed by atoms with Crippen LogP contribution in [0.2, 0.25) is 0 Å². The summed E-state index contributed by atoms with van der Waals surface area (Å²) in [4.78, 5) is 15.2. The summed E-state index contributed by atoms with van der Waals surface area (Å²) < 4.78 is 23.8. The maximum absolute atomic E-state index is 13.2. The summed E-state index contributed by atoms with van der Waals surface area (Å²) in [6.07, 6.45) is 1.51. The lowest BCUT2D eigenvalue weighted by molar-refractivity contribution is 0.0594. The zero-order chi connectivity index (χ0) is 14.5. The van der Waals surface area contributed by atoms with Crippen LogP contribution in [0, 0.1) is 5.82 Å². The van der Waals surface area contributed by atoms with Gasteiger partial charge in [-0.15, -0.1) is 0 Å². The smallest absolute Gasteiger partial charge is 0.356 e. The summed E-state index contributed by atoms with van der Waals surface area (Å²) in [5.74, 6) is -0.464. The molecular formula is C14H11BrFNO3. The SMILES string of the molecule is COC(=O)c1ccc(COc2cc(F)cc(Br)c2)cn1. The molecule has 0 aliphatic heterocycles. The Morgan fingerprint density at radius 1 is 1.35 bits per heavy atom. The highest BCUT2D eigenvalue weighted by molar-refractivity contribution is 9.10. The highest BCUT2D eigenvalue weighted by Crippen LogP contribution is 2.21. The molecule has 2 aromatic rings. The number of benzene rings is 1. The van der Waals surface area contributed by atoms with Gasteiger partial charge in [0.15, 0.2) is 0 Å². The third-order valence-electron chi connectivity index (χ3n) is 2.46. The van der Waals surface area contributed by atoms with Crippen molar-refractivity contribution in [1.29, 1.82) is 0 Å². The first-order valence-electron chi connectivity index (χ1n) is 5.70. The minimum Gasteiger partial charge on any atom is -0.489 e. The molecule has 2 rings (SSSR count). The Morgan fingerprint density at radius 2 is 2.15 bits per heavy atom. The molecule has 0 bridgehead atoms. The van der Waals surface area contributed by atoms with E-state index in [1.807, 2.05) is 0 Å². The molecule has 1 aromatic carbocycles. The minimum atomic E-state index is -0.494. The van der Waals surface area contributed by atoms with Gasteiger partial charge in [-0.3, -0.25) is 0 Å². The third kappa shape index (κ3) is 3.77. The van der Waals surface area contributed by atoms with E-state index in [0.717, 1.165) is 5.56 Å². The topological polar surface area (TPSA) is 48.4 Å². The Kier molecular flexibility index (Phi) is 4.68. The fraction of sp³-hybridized carbons (Fsp3) is 0.143. The number of aromatic nitrogens is 1. The molecule has 0 saturated heterocycles. The largest absolute Gasteiger partial charge is 0.489 e. The van der Waals surface area contributed by atoms with Crippen molar-refractivity contribution < 1.29 is 18.7 Å². The fourth-order valence-electron chi connectivity index (χ4n) is 1.51. The second-order valence-electron chi connectivity index (χ2n) is 3.94. The Hall–Kier alpha value is -1.95. The molecule has 0 spiro atoms. The van der Waals surface area contributed by atoms with E-state index in [4.69, 9.17) is 4.74 Å². The Bertz CT molecular complexity index is 596. The average molecular weight is 340 g/mol. The predicted octanol–water partition coefficient (Wildman–Crippen LogP) is 3.35. The lowest BCUT2D eigenvalue weighted by atomic mass is 10.2. The maximum Gasteiger partial charge on any atom is 0.356 e. The molecular weight excluding hydrogens is 329 g/mol. The molecule has 4 nitrogen and oxygen atoms in total. The lowest BCUT2D eigenvalue weighted by Crippen LogP contribution is -2.05. The second kappa shape index (κ2) is 6.47. The summed E-state index contributed by atoms with van der Waals surface area (Å²) >= 11 is 3.19. The summed E-state index contributed by atoms with van der Waals surface area (Å²) in [7, 11) is 1.29. The van der Waals surface area contributed by atoms with Gasteiger partial charge in [0.25, 0.3) is 0 Å². The third-order valence-corrected chi connectivity index (χ3v) is 2.92. The number of esters is 1. The van der Waals surface area contributed by atoms with Crippen molar-refractivity contribution in [3.8, 4) is 5.75 Å². The Morgan fingerprint density at radius 3 is 2.75 bits per heavy atom. The molecule has 0 radical (unpaired) electrons. The van der Waals surface area contributed by atoms with Crippen LogP contribution in [0.5, 0.6) is 5.75 Å². The predicted molar refractivity (Wildman–Crippen MR) is 74.0 cm³/mol. The number of methoxy groups -OCH3 is 1. The summed E-state index contributed by atoms with van der Waals surface area (Å²) in [5, 5.41) is 0. The number of nitrogens with zero attached hydrogens (tertiary/aromatic N) is 1. The van der Waals surface area contributed by atoms with Crippen LogP contribution in [-0.2, 0) is 11.3 Å². The van der Waals surface area contributed by atoms with E-state index in [9.17, 15) is 9.18 Å². The number of ether oxygens (including phenoxy) is 2. The summed E-state index contributed by atoms with van der Waals surface area (Å²) in [6.45, 7) is 0.227. The van der Waals surface area contributed by atoms with Gasteiger partial charge in [-0.05, 0) is 18.2 Å². The van der Waals surface area contributed by atoms with Crippen LogP contribution in [0.15, 0.2) is 41.0 Å². The van der Waals surface area contributed by atoms with E-state index in [1.165, 1.54) is 25.4 Å². The van der Waals surface area contributed by atoms with Crippen LogP contribution in [-0.4, -0.2) is 18.1 Å². The van der Waals surface area contributed by atoms with Crippen molar-refractivity contribution in [2.24, 2.45) is 0 Å². The first kappa shape index (κ1) is 14.5. The van der Waals surface area contributed by atoms with Crippen molar-refractivity contribution in [2.45, 2.75) is 6.61 Å². The maximum atomic E-state index is 13.2. The standard InChI is InChI=1S/C14H11BrFNO3/c1-19-14(18)13-3-2-9(7-17-13)8-20-12-5-10(15)4-11(16)6-12/h2-7H,8H2,1H3. The van der Waals surface area contributed by atoms with Gasteiger partial charge in [0.05, 0.1) is 7.11 Å². The van der Waals surface area contributed by atoms with Gasteiger partial charge in [-0.1, -0.05) is 22.0 Å². The Labute approximate surface area is 123 Å². The van der Waals surface area contributed by atoms with Crippen molar-refractivity contribution in [3.63, 3.8) is 0 Å². The molecule has 0 unspecified atom stereocenters. The van der Waals surface area contributed by atoms with Gasteiger partial charge < -0.3 is 9.47 Å². The van der Waals surface area contributed by atoms with Crippen LogP contribution < -0.4 is 4.74 Å². The molecule has 0 aliphatic rings. The zero-order valence-electron chi connectivity index (χ0n) is 10.6. The first-order valence-corrected chi connectivity index (χ1v) is 6.50. The molecule has 0 N–H and O–H groups in total. The molecule has 20 heavy (non-hydrogen) atoms. The molecule has 0 fully saturated rings. The molecule has 0 saturated carbocycles. The Balaban J connectivity index is 2.02. The van der Waals surface area contributed by atoms with Gasteiger partial charge in [0, 0.05) is 22.3 Å². The van der Waals surface area contributed by atoms with E-state index >= 15 is 0 Å². The summed E-state index contributed by atoms with van der Waals surface area (Å²) in [6, 6.07) is 7.56. The number of carbonyl (C=O) groups is 1. The van der Waals surface area contributed by atoms with Crippen LogP contribution >= 0.6 is 15.9 Å². The second-order valence-corrected chi connectivity index (χ2v) is 4.85. The molecule has 1 heterocycles. The average Bonchev–Trinajstić information content (AvgIpc) is 2.44. The molecule has 104 valence electrons. The molecule has 6 heteroatoms. The lowest BCUT2D eigenvalue weighted by Gasteiger charge is -2.07.